The quantitative estimate of drug-likeness (QED) is 0.644. The number of nitrogens with one attached hydrogen (secondary N) is 2. The number of hydrogen-bond acceptors (Lipinski definition) is 4. The van der Waals surface area contributed by atoms with Crippen molar-refractivity contribution in [1.29, 1.82) is 0 Å². The predicted octanol–water partition coefficient (Wildman–Crippen LogP) is 3.46. The van der Waals surface area contributed by atoms with Crippen LogP contribution >= 0.6 is 0 Å². The molecule has 0 aliphatic heterocycles. The van der Waals surface area contributed by atoms with Crippen LogP contribution in [0, 0.1) is 0 Å². The van der Waals surface area contributed by atoms with Gasteiger partial charge in [-0.1, -0.05) is 42.5 Å². The number of carbonyl (C=O) groups excluding carboxylic acids is 3. The van der Waals surface area contributed by atoms with Crippen LogP contribution in [0.25, 0.3) is 0 Å². The summed E-state index contributed by atoms with van der Waals surface area (Å²) in [5.41, 5.74) is -0.624. The van der Waals surface area contributed by atoms with Gasteiger partial charge < -0.3 is 20.3 Å². The number of likely N-dealkylation sites (N-methyl/N-ethyl adjacent to an activating group) is 1. The van der Waals surface area contributed by atoms with Crippen molar-refractivity contribution in [2.45, 2.75) is 25.6 Å². The number of nitrogens with zero attached hydrogens (tertiary/aromatic N) is 1. The van der Waals surface area contributed by atoms with Gasteiger partial charge in [0.25, 0.3) is 0 Å². The Morgan fingerprint density at radius 1 is 1.03 bits per heavy atom. The van der Waals surface area contributed by atoms with E-state index in [0.29, 0.717) is 0 Å². The van der Waals surface area contributed by atoms with Gasteiger partial charge in [0.2, 0.25) is 11.8 Å². The summed E-state index contributed by atoms with van der Waals surface area (Å²) in [6.07, 6.45) is -5.32. The Morgan fingerprint density at radius 2 is 1.66 bits per heavy atom. The Bertz CT molecular complexity index is 936. The summed E-state index contributed by atoms with van der Waals surface area (Å²) in [4.78, 5) is 38.4. The van der Waals surface area contributed by atoms with Gasteiger partial charge in [-0.2, -0.15) is 13.2 Å². The maximum absolute atomic E-state index is 13.2. The fourth-order valence-corrected chi connectivity index (χ4v) is 3.02. The number of para-hydroxylation sites is 1. The lowest BCUT2D eigenvalue weighted by atomic mass is 10.0. The zero-order valence-electron chi connectivity index (χ0n) is 17.6. The van der Waals surface area contributed by atoms with Gasteiger partial charge in [-0.25, -0.2) is 4.79 Å². The first kappa shape index (κ1) is 24.7. The summed E-state index contributed by atoms with van der Waals surface area (Å²) >= 11 is 0. The Labute approximate surface area is 183 Å². The summed E-state index contributed by atoms with van der Waals surface area (Å²) in [6, 6.07) is 12.4. The van der Waals surface area contributed by atoms with Crippen molar-refractivity contribution < 1.29 is 32.3 Å². The molecule has 2 aromatic rings. The molecule has 0 aromatic heterocycles. The second-order valence-electron chi connectivity index (χ2n) is 6.82. The van der Waals surface area contributed by atoms with E-state index in [2.05, 4.69) is 15.4 Å². The third-order valence-corrected chi connectivity index (χ3v) is 4.59. The highest BCUT2D eigenvalue weighted by Crippen LogP contribution is 2.34. The SMILES string of the molecule is CCN(CC(=O)Nc1ccccc1C(F)(F)F)C(=O)C(Cc1ccccc1)NC(=O)OC. The van der Waals surface area contributed by atoms with Gasteiger partial charge in [0, 0.05) is 13.0 Å². The third kappa shape index (κ3) is 7.00. The van der Waals surface area contributed by atoms with Crippen LogP contribution in [0.15, 0.2) is 54.6 Å². The second-order valence-corrected chi connectivity index (χ2v) is 6.82. The molecule has 0 saturated carbocycles. The number of methoxy groups -OCH3 is 1. The Hall–Kier alpha value is -3.56. The number of amides is 3. The molecule has 2 rings (SSSR count). The van der Waals surface area contributed by atoms with Crippen LogP contribution in [0.4, 0.5) is 23.7 Å². The average Bonchev–Trinajstić information content (AvgIpc) is 2.76. The summed E-state index contributed by atoms with van der Waals surface area (Å²) in [6.45, 7) is 1.23. The molecule has 0 fully saturated rings. The molecule has 0 aliphatic rings. The molecule has 0 spiro atoms. The zero-order chi connectivity index (χ0) is 23.7. The van der Waals surface area contributed by atoms with Crippen LogP contribution in [-0.2, 0) is 26.9 Å². The monoisotopic (exact) mass is 451 g/mol. The van der Waals surface area contributed by atoms with Crippen molar-refractivity contribution >= 4 is 23.6 Å². The molecule has 172 valence electrons. The van der Waals surface area contributed by atoms with Crippen LogP contribution < -0.4 is 10.6 Å². The van der Waals surface area contributed by atoms with E-state index in [1.807, 2.05) is 0 Å². The molecule has 32 heavy (non-hydrogen) atoms. The molecule has 0 radical (unpaired) electrons. The minimum Gasteiger partial charge on any atom is -0.453 e. The van der Waals surface area contributed by atoms with Crippen molar-refractivity contribution in [2.75, 3.05) is 25.5 Å². The molecule has 10 heteroatoms. The summed E-state index contributed by atoms with van der Waals surface area (Å²) < 4.78 is 44.0. The molecular formula is C22H24F3N3O4. The molecule has 0 bridgehead atoms. The van der Waals surface area contributed by atoms with Gasteiger partial charge in [0.15, 0.2) is 0 Å². The first-order chi connectivity index (χ1) is 15.2. The molecule has 0 aliphatic carbocycles. The smallest absolute Gasteiger partial charge is 0.418 e. The zero-order valence-corrected chi connectivity index (χ0v) is 17.6. The van der Waals surface area contributed by atoms with Gasteiger partial charge in [0.05, 0.1) is 24.9 Å². The number of alkyl carbamates (subject to hydrolysis) is 1. The fourth-order valence-electron chi connectivity index (χ4n) is 3.02. The van der Waals surface area contributed by atoms with Crippen LogP contribution in [0.5, 0.6) is 0 Å². The number of anilines is 1. The Morgan fingerprint density at radius 3 is 2.25 bits per heavy atom. The molecule has 2 N–H and O–H groups in total. The second kappa shape index (κ2) is 11.2. The van der Waals surface area contributed by atoms with Crippen LogP contribution in [0.1, 0.15) is 18.1 Å². The average molecular weight is 451 g/mol. The van der Waals surface area contributed by atoms with Crippen LogP contribution in [0.3, 0.4) is 0 Å². The minimum absolute atomic E-state index is 0.0985. The molecular weight excluding hydrogens is 427 g/mol. The van der Waals surface area contributed by atoms with E-state index in [-0.39, 0.29) is 13.0 Å². The normalized spacial score (nSPS) is 11.9. The minimum atomic E-state index is -4.64. The fraction of sp³-hybridized carbons (Fsp3) is 0.318. The Balaban J connectivity index is 2.15. The van der Waals surface area contributed by atoms with Crippen molar-refractivity contribution in [3.63, 3.8) is 0 Å². The van der Waals surface area contributed by atoms with Crippen molar-refractivity contribution in [2.24, 2.45) is 0 Å². The molecule has 1 atom stereocenters. The van der Waals surface area contributed by atoms with E-state index in [1.165, 1.54) is 12.1 Å². The summed E-state index contributed by atoms with van der Waals surface area (Å²) in [7, 11) is 1.16. The van der Waals surface area contributed by atoms with Gasteiger partial charge in [-0.15, -0.1) is 0 Å². The lowest BCUT2D eigenvalue weighted by Crippen LogP contribution is -2.51. The molecule has 2 aromatic carbocycles. The van der Waals surface area contributed by atoms with Crippen molar-refractivity contribution in [1.82, 2.24) is 10.2 Å². The number of carbonyl (C=O) groups is 3. The van der Waals surface area contributed by atoms with Crippen molar-refractivity contribution in [3.05, 3.63) is 65.7 Å². The van der Waals surface area contributed by atoms with Gasteiger partial charge in [-0.3, -0.25) is 9.59 Å². The number of halogens is 3. The molecule has 7 nitrogen and oxygen atoms in total. The van der Waals surface area contributed by atoms with E-state index in [9.17, 15) is 27.6 Å². The number of benzene rings is 2. The molecule has 3 amide bonds. The maximum Gasteiger partial charge on any atom is 0.418 e. The van der Waals surface area contributed by atoms with Gasteiger partial charge in [0.1, 0.15) is 6.04 Å². The maximum atomic E-state index is 13.2. The van der Waals surface area contributed by atoms with E-state index in [1.54, 1.807) is 37.3 Å². The standard InChI is InChI=1S/C22H24F3N3O4/c1-3-28(14-19(29)26-17-12-8-7-11-16(17)22(23,24)25)20(30)18(27-21(31)32-2)13-15-9-5-4-6-10-15/h4-12,18H,3,13-14H2,1-2H3,(H,26,29)(H,27,31). The molecule has 0 saturated heterocycles. The van der Waals surface area contributed by atoms with E-state index < -0.39 is 47.9 Å². The number of ether oxygens (including phenoxy) is 1. The van der Waals surface area contributed by atoms with E-state index in [0.717, 1.165) is 29.7 Å². The van der Waals surface area contributed by atoms with Crippen LogP contribution in [0.2, 0.25) is 0 Å². The van der Waals surface area contributed by atoms with Crippen molar-refractivity contribution in [3.8, 4) is 0 Å². The topological polar surface area (TPSA) is 87.7 Å². The third-order valence-electron chi connectivity index (χ3n) is 4.59. The summed E-state index contributed by atoms with van der Waals surface area (Å²) in [5.74, 6) is -1.37. The number of rotatable bonds is 8. The lowest BCUT2D eigenvalue weighted by Gasteiger charge is -2.26. The highest BCUT2D eigenvalue weighted by molar-refractivity contribution is 5.96. The first-order valence-corrected chi connectivity index (χ1v) is 9.79. The number of alkyl halides is 3. The highest BCUT2D eigenvalue weighted by Gasteiger charge is 2.34. The Kier molecular flexibility index (Phi) is 8.62. The van der Waals surface area contributed by atoms with E-state index in [4.69, 9.17) is 0 Å². The highest BCUT2D eigenvalue weighted by atomic mass is 19.4. The lowest BCUT2D eigenvalue weighted by molar-refractivity contribution is -0.137. The molecule has 1 unspecified atom stereocenters. The van der Waals surface area contributed by atoms with E-state index >= 15 is 0 Å². The van der Waals surface area contributed by atoms with Gasteiger partial charge >= 0.3 is 12.3 Å². The number of hydrogen-bond donors (Lipinski definition) is 2. The largest absolute Gasteiger partial charge is 0.453 e. The first-order valence-electron chi connectivity index (χ1n) is 9.79. The molecule has 0 heterocycles. The van der Waals surface area contributed by atoms with Gasteiger partial charge in [-0.05, 0) is 24.6 Å². The predicted molar refractivity (Wildman–Crippen MR) is 112 cm³/mol. The summed E-state index contributed by atoms with van der Waals surface area (Å²) in [5, 5.41) is 4.66. The van der Waals surface area contributed by atoms with Crippen LogP contribution in [-0.4, -0.2) is 49.0 Å².